The quantitative estimate of drug-likeness (QED) is 0.542. The van der Waals surface area contributed by atoms with Gasteiger partial charge in [0.1, 0.15) is 0 Å². The average Bonchev–Trinajstić information content (AvgIpc) is 2.54. The number of hydrogen-bond donors (Lipinski definition) is 0. The molecule has 3 aromatic rings. The molecule has 1 aliphatic rings. The molecule has 0 radical (unpaired) electrons. The van der Waals surface area contributed by atoms with Gasteiger partial charge in [-0.3, -0.25) is 0 Å². The van der Waals surface area contributed by atoms with Gasteiger partial charge in [-0.25, -0.2) is 0 Å². The molecule has 0 heterocycles. The molecule has 0 atom stereocenters. The van der Waals surface area contributed by atoms with E-state index in [0.717, 1.165) is 12.8 Å². The number of aryl methyl sites for hydroxylation is 1. The lowest BCUT2D eigenvalue weighted by molar-refractivity contribution is 0.986. The van der Waals surface area contributed by atoms with E-state index in [4.69, 9.17) is 0 Å². The number of benzene rings is 3. The van der Waals surface area contributed by atoms with Crippen molar-refractivity contribution in [3.8, 4) is 11.1 Å². The second-order valence-electron chi connectivity index (χ2n) is 5.38. The fraction of sp³-hybridized carbons (Fsp3) is 0.100. The molecule has 0 spiro atoms. The molecular formula is C20H16. The van der Waals surface area contributed by atoms with Gasteiger partial charge in [-0.1, -0.05) is 66.7 Å². The van der Waals surface area contributed by atoms with Crippen LogP contribution in [-0.2, 0) is 6.42 Å². The maximum absolute atomic E-state index is 2.30. The van der Waals surface area contributed by atoms with Crippen LogP contribution in [0.4, 0.5) is 0 Å². The Bertz CT molecular complexity index is 809. The third kappa shape index (κ3) is 1.85. The van der Waals surface area contributed by atoms with E-state index in [2.05, 4.69) is 72.8 Å². The molecule has 0 heteroatoms. The van der Waals surface area contributed by atoms with Crippen LogP contribution in [0.5, 0.6) is 0 Å². The van der Waals surface area contributed by atoms with Gasteiger partial charge >= 0.3 is 0 Å². The smallest absolute Gasteiger partial charge is 0.0109 e. The zero-order valence-electron chi connectivity index (χ0n) is 11.3. The molecule has 0 aromatic heterocycles. The van der Waals surface area contributed by atoms with Crippen molar-refractivity contribution in [2.24, 2.45) is 0 Å². The minimum Gasteiger partial charge on any atom is -0.0836 e. The van der Waals surface area contributed by atoms with Gasteiger partial charge in [0.2, 0.25) is 0 Å². The van der Waals surface area contributed by atoms with Crippen LogP contribution >= 0.6 is 0 Å². The molecule has 0 nitrogen and oxygen atoms in total. The summed E-state index contributed by atoms with van der Waals surface area (Å²) in [6.45, 7) is 0. The van der Waals surface area contributed by atoms with E-state index in [0.29, 0.717) is 0 Å². The molecule has 0 saturated heterocycles. The van der Waals surface area contributed by atoms with Gasteiger partial charge in [-0.2, -0.15) is 0 Å². The van der Waals surface area contributed by atoms with E-state index in [-0.39, 0.29) is 0 Å². The molecule has 96 valence electrons. The lowest BCUT2D eigenvalue weighted by atomic mass is 9.89. The number of allylic oxidation sites excluding steroid dienone is 1. The third-order valence-corrected chi connectivity index (χ3v) is 4.12. The minimum atomic E-state index is 1.16. The highest BCUT2D eigenvalue weighted by atomic mass is 14.1. The summed E-state index contributed by atoms with van der Waals surface area (Å²) in [6, 6.07) is 22.0. The van der Waals surface area contributed by atoms with E-state index in [1.165, 1.54) is 33.0 Å². The molecule has 20 heavy (non-hydrogen) atoms. The lowest BCUT2D eigenvalue weighted by Crippen LogP contribution is -1.96. The van der Waals surface area contributed by atoms with E-state index < -0.39 is 0 Å². The zero-order valence-corrected chi connectivity index (χ0v) is 11.3. The molecule has 0 bridgehead atoms. The van der Waals surface area contributed by atoms with Gasteiger partial charge in [0.15, 0.2) is 0 Å². The van der Waals surface area contributed by atoms with Crippen LogP contribution in [0.15, 0.2) is 66.7 Å². The highest BCUT2D eigenvalue weighted by Gasteiger charge is 2.10. The van der Waals surface area contributed by atoms with Crippen LogP contribution in [0.2, 0.25) is 0 Å². The van der Waals surface area contributed by atoms with Gasteiger partial charge in [0, 0.05) is 0 Å². The van der Waals surface area contributed by atoms with Crippen LogP contribution in [0, 0.1) is 0 Å². The first-order valence-electron chi connectivity index (χ1n) is 7.19. The fourth-order valence-electron chi connectivity index (χ4n) is 3.08. The SMILES string of the molecule is C1=Cc2c(cccc2-c2ccc3ccccc3c2)CC1. The largest absolute Gasteiger partial charge is 0.0836 e. The van der Waals surface area contributed by atoms with Crippen molar-refractivity contribution in [3.63, 3.8) is 0 Å². The van der Waals surface area contributed by atoms with Crippen LogP contribution in [0.3, 0.4) is 0 Å². The van der Waals surface area contributed by atoms with E-state index in [1.807, 2.05) is 0 Å². The Morgan fingerprint density at radius 3 is 2.60 bits per heavy atom. The van der Waals surface area contributed by atoms with Crippen LogP contribution in [0.1, 0.15) is 17.5 Å². The topological polar surface area (TPSA) is 0 Å². The average molecular weight is 256 g/mol. The van der Waals surface area contributed by atoms with Crippen molar-refractivity contribution in [2.45, 2.75) is 12.8 Å². The monoisotopic (exact) mass is 256 g/mol. The lowest BCUT2D eigenvalue weighted by Gasteiger charge is -2.15. The summed E-state index contributed by atoms with van der Waals surface area (Å²) in [5, 5.41) is 2.61. The number of fused-ring (bicyclic) bond motifs is 2. The van der Waals surface area contributed by atoms with Crippen molar-refractivity contribution >= 4 is 16.8 Å². The Morgan fingerprint density at radius 1 is 0.750 bits per heavy atom. The Labute approximate surface area is 119 Å². The summed E-state index contributed by atoms with van der Waals surface area (Å²) in [5.41, 5.74) is 5.53. The molecule has 0 fully saturated rings. The standard InChI is InChI=1S/C20H16/c1-2-8-17-14-18(13-12-15(17)6-1)20-11-5-9-16-7-3-4-10-19(16)20/h1-2,4-6,8-14H,3,7H2. The number of hydrogen-bond acceptors (Lipinski definition) is 0. The Balaban J connectivity index is 1.94. The first-order valence-corrected chi connectivity index (χ1v) is 7.19. The first-order chi connectivity index (χ1) is 9.92. The van der Waals surface area contributed by atoms with E-state index >= 15 is 0 Å². The molecule has 0 aliphatic heterocycles. The van der Waals surface area contributed by atoms with Crippen molar-refractivity contribution in [1.82, 2.24) is 0 Å². The van der Waals surface area contributed by atoms with Gasteiger partial charge in [0.05, 0.1) is 0 Å². The Morgan fingerprint density at radius 2 is 1.65 bits per heavy atom. The van der Waals surface area contributed by atoms with E-state index in [9.17, 15) is 0 Å². The van der Waals surface area contributed by atoms with Crippen molar-refractivity contribution in [3.05, 3.63) is 77.9 Å². The summed E-state index contributed by atoms with van der Waals surface area (Å²) in [4.78, 5) is 0. The van der Waals surface area contributed by atoms with Crippen LogP contribution in [0.25, 0.3) is 28.0 Å². The van der Waals surface area contributed by atoms with Crippen LogP contribution < -0.4 is 0 Å². The molecule has 0 saturated carbocycles. The maximum atomic E-state index is 2.30. The van der Waals surface area contributed by atoms with Gasteiger partial charge in [-0.05, 0) is 51.9 Å². The van der Waals surface area contributed by atoms with Crippen molar-refractivity contribution < 1.29 is 0 Å². The first kappa shape index (κ1) is 11.5. The molecule has 1 aliphatic carbocycles. The molecule has 4 rings (SSSR count). The minimum absolute atomic E-state index is 1.16. The van der Waals surface area contributed by atoms with Gasteiger partial charge < -0.3 is 0 Å². The summed E-state index contributed by atoms with van der Waals surface area (Å²) < 4.78 is 0. The molecule has 3 aromatic carbocycles. The normalized spacial score (nSPS) is 13.4. The Hall–Kier alpha value is -2.34. The third-order valence-electron chi connectivity index (χ3n) is 4.12. The summed E-state index contributed by atoms with van der Waals surface area (Å²) in [7, 11) is 0. The Kier molecular flexibility index (Phi) is 2.67. The van der Waals surface area contributed by atoms with Crippen molar-refractivity contribution in [1.29, 1.82) is 0 Å². The van der Waals surface area contributed by atoms with Gasteiger partial charge in [-0.15, -0.1) is 0 Å². The van der Waals surface area contributed by atoms with E-state index in [1.54, 1.807) is 0 Å². The molecule has 0 amide bonds. The second-order valence-corrected chi connectivity index (χ2v) is 5.38. The summed E-state index contributed by atoms with van der Waals surface area (Å²) in [5.74, 6) is 0. The number of rotatable bonds is 1. The van der Waals surface area contributed by atoms with Gasteiger partial charge in [0.25, 0.3) is 0 Å². The highest BCUT2D eigenvalue weighted by molar-refractivity contribution is 5.89. The highest BCUT2D eigenvalue weighted by Crippen LogP contribution is 2.32. The molecule has 0 unspecified atom stereocenters. The predicted molar refractivity (Wildman–Crippen MR) is 86.7 cm³/mol. The van der Waals surface area contributed by atoms with Crippen LogP contribution in [-0.4, -0.2) is 0 Å². The second kappa shape index (κ2) is 4.64. The molecular weight excluding hydrogens is 240 g/mol. The zero-order chi connectivity index (χ0) is 13.4. The summed E-state index contributed by atoms with van der Waals surface area (Å²) in [6.07, 6.45) is 6.89. The predicted octanol–water partition coefficient (Wildman–Crippen LogP) is 5.47. The maximum Gasteiger partial charge on any atom is -0.0109 e. The fourth-order valence-corrected chi connectivity index (χ4v) is 3.08. The molecule has 0 N–H and O–H groups in total. The summed E-state index contributed by atoms with van der Waals surface area (Å²) >= 11 is 0. The van der Waals surface area contributed by atoms with Crippen molar-refractivity contribution in [2.75, 3.05) is 0 Å².